The predicted octanol–water partition coefficient (Wildman–Crippen LogP) is 4.08. The number of Topliss-reactive ketones (excluding diaryl/α,β-unsaturated/α-hetero) is 1. The Labute approximate surface area is 170 Å². The van der Waals surface area contributed by atoms with Gasteiger partial charge in [-0.15, -0.1) is 0 Å². The Morgan fingerprint density at radius 3 is 2.79 bits per heavy atom. The van der Waals surface area contributed by atoms with Crippen molar-refractivity contribution >= 4 is 28.4 Å². The molecule has 3 rings (SSSR count). The van der Waals surface area contributed by atoms with Gasteiger partial charge in [0.15, 0.2) is 10.9 Å². The van der Waals surface area contributed by atoms with Crippen molar-refractivity contribution in [2.45, 2.75) is 25.0 Å². The maximum absolute atomic E-state index is 13.9. The van der Waals surface area contributed by atoms with Crippen molar-refractivity contribution in [2.75, 3.05) is 19.0 Å². The lowest BCUT2D eigenvalue weighted by molar-refractivity contribution is 0.101. The lowest BCUT2D eigenvalue weighted by Gasteiger charge is -2.13. The standard InChI is InChI=1S/C21H20F2N2O3S/c1-2-28-11-5-10-25-20(27)15-6-3-4-7-18(15)24-21(25)29-13-19(26)16-12-14(22)8-9-17(16)23/h3-4,6-9,12H,2,5,10-11,13H2,1H3. The Kier molecular flexibility index (Phi) is 7.11. The van der Waals surface area contributed by atoms with Crippen molar-refractivity contribution in [2.24, 2.45) is 0 Å². The van der Waals surface area contributed by atoms with E-state index in [1.165, 1.54) is 4.57 Å². The van der Waals surface area contributed by atoms with Gasteiger partial charge in [-0.1, -0.05) is 23.9 Å². The highest BCUT2D eigenvalue weighted by atomic mass is 32.2. The molecule has 0 aliphatic carbocycles. The fourth-order valence-electron chi connectivity index (χ4n) is 2.84. The molecule has 0 unspecified atom stereocenters. The largest absolute Gasteiger partial charge is 0.382 e. The number of rotatable bonds is 9. The zero-order chi connectivity index (χ0) is 20.8. The van der Waals surface area contributed by atoms with Gasteiger partial charge >= 0.3 is 0 Å². The van der Waals surface area contributed by atoms with E-state index in [0.29, 0.717) is 42.2 Å². The smallest absolute Gasteiger partial charge is 0.262 e. The van der Waals surface area contributed by atoms with Gasteiger partial charge in [0.05, 0.1) is 22.2 Å². The van der Waals surface area contributed by atoms with Crippen LogP contribution in [0.5, 0.6) is 0 Å². The van der Waals surface area contributed by atoms with Crippen LogP contribution in [-0.2, 0) is 11.3 Å². The van der Waals surface area contributed by atoms with Gasteiger partial charge in [0.1, 0.15) is 11.6 Å². The van der Waals surface area contributed by atoms with Crippen LogP contribution in [0.3, 0.4) is 0 Å². The third-order valence-electron chi connectivity index (χ3n) is 4.26. The Hall–Kier alpha value is -2.58. The predicted molar refractivity (Wildman–Crippen MR) is 109 cm³/mol. The lowest BCUT2D eigenvalue weighted by atomic mass is 10.1. The molecule has 8 heteroatoms. The van der Waals surface area contributed by atoms with Gasteiger partial charge in [0, 0.05) is 19.8 Å². The number of hydrogen-bond donors (Lipinski definition) is 0. The number of aromatic nitrogens is 2. The van der Waals surface area contributed by atoms with Crippen LogP contribution in [0.2, 0.25) is 0 Å². The first-order valence-electron chi connectivity index (χ1n) is 9.19. The van der Waals surface area contributed by atoms with E-state index < -0.39 is 17.4 Å². The molecule has 0 aliphatic heterocycles. The van der Waals surface area contributed by atoms with Crippen LogP contribution in [0.4, 0.5) is 8.78 Å². The van der Waals surface area contributed by atoms with Crippen molar-refractivity contribution in [1.29, 1.82) is 0 Å². The van der Waals surface area contributed by atoms with Crippen molar-refractivity contribution in [3.8, 4) is 0 Å². The Morgan fingerprint density at radius 2 is 2.00 bits per heavy atom. The second-order valence-electron chi connectivity index (χ2n) is 6.25. The first-order valence-corrected chi connectivity index (χ1v) is 10.2. The summed E-state index contributed by atoms with van der Waals surface area (Å²) < 4.78 is 34.1. The molecule has 0 atom stereocenters. The molecule has 0 aliphatic rings. The maximum Gasteiger partial charge on any atom is 0.262 e. The number of nitrogens with zero attached hydrogens (tertiary/aromatic N) is 2. The number of ether oxygens (including phenoxy) is 1. The van der Waals surface area contributed by atoms with Crippen LogP contribution >= 0.6 is 11.8 Å². The van der Waals surface area contributed by atoms with Gasteiger partial charge in [-0.05, 0) is 43.7 Å². The van der Waals surface area contributed by atoms with E-state index in [-0.39, 0.29) is 16.9 Å². The van der Waals surface area contributed by atoms with E-state index in [4.69, 9.17) is 4.74 Å². The number of carbonyl (C=O) groups is 1. The molecule has 1 aromatic heterocycles. The molecule has 152 valence electrons. The molecule has 29 heavy (non-hydrogen) atoms. The lowest BCUT2D eigenvalue weighted by Crippen LogP contribution is -2.24. The monoisotopic (exact) mass is 418 g/mol. The molecule has 5 nitrogen and oxygen atoms in total. The molecule has 0 radical (unpaired) electrons. The molecular weight excluding hydrogens is 398 g/mol. The van der Waals surface area contributed by atoms with Crippen LogP contribution in [-0.4, -0.2) is 34.3 Å². The minimum atomic E-state index is -0.780. The van der Waals surface area contributed by atoms with Gasteiger partial charge in [-0.3, -0.25) is 14.2 Å². The van der Waals surface area contributed by atoms with E-state index in [0.717, 1.165) is 30.0 Å². The molecule has 0 saturated carbocycles. The summed E-state index contributed by atoms with van der Waals surface area (Å²) in [5, 5.41) is 0.839. The van der Waals surface area contributed by atoms with Gasteiger partial charge in [0.25, 0.3) is 5.56 Å². The van der Waals surface area contributed by atoms with Crippen LogP contribution in [0.25, 0.3) is 10.9 Å². The summed E-state index contributed by atoms with van der Waals surface area (Å²) in [7, 11) is 0. The molecular formula is C21H20F2N2O3S. The zero-order valence-electron chi connectivity index (χ0n) is 15.9. The average Bonchev–Trinajstić information content (AvgIpc) is 2.72. The number of halogens is 2. The summed E-state index contributed by atoms with van der Waals surface area (Å²) in [5.74, 6) is -2.21. The number of fused-ring (bicyclic) bond motifs is 1. The van der Waals surface area contributed by atoms with Crippen molar-refractivity contribution < 1.29 is 18.3 Å². The van der Waals surface area contributed by atoms with Crippen LogP contribution in [0.15, 0.2) is 52.4 Å². The summed E-state index contributed by atoms with van der Waals surface area (Å²) in [4.78, 5) is 29.8. The Bertz CT molecular complexity index is 1090. The van der Waals surface area contributed by atoms with E-state index in [2.05, 4.69) is 4.98 Å². The molecule has 0 spiro atoms. The SMILES string of the molecule is CCOCCCn1c(SCC(=O)c2cc(F)ccc2F)nc2ccccc2c1=O. The highest BCUT2D eigenvalue weighted by Gasteiger charge is 2.17. The Balaban J connectivity index is 1.87. The number of benzene rings is 2. The van der Waals surface area contributed by atoms with E-state index in [1.54, 1.807) is 24.3 Å². The van der Waals surface area contributed by atoms with Gasteiger partial charge in [-0.2, -0.15) is 0 Å². The molecule has 0 fully saturated rings. The average molecular weight is 418 g/mol. The van der Waals surface area contributed by atoms with E-state index in [1.807, 2.05) is 6.92 Å². The van der Waals surface area contributed by atoms with Crippen LogP contribution < -0.4 is 5.56 Å². The third-order valence-corrected chi connectivity index (χ3v) is 5.24. The van der Waals surface area contributed by atoms with Gasteiger partial charge in [0.2, 0.25) is 0 Å². The number of carbonyl (C=O) groups excluding carboxylic acids is 1. The summed E-state index contributed by atoms with van der Waals surface area (Å²) in [6.07, 6.45) is 0.605. The zero-order valence-corrected chi connectivity index (χ0v) is 16.7. The number of hydrogen-bond acceptors (Lipinski definition) is 5. The minimum absolute atomic E-state index is 0.170. The molecule has 0 N–H and O–H groups in total. The fraction of sp³-hybridized carbons (Fsp3) is 0.286. The number of ketones is 1. The molecule has 0 bridgehead atoms. The molecule has 0 saturated heterocycles. The summed E-state index contributed by atoms with van der Waals surface area (Å²) in [6, 6.07) is 9.71. The topological polar surface area (TPSA) is 61.2 Å². The summed E-state index contributed by atoms with van der Waals surface area (Å²) >= 11 is 1.03. The van der Waals surface area contributed by atoms with Crippen molar-refractivity contribution in [1.82, 2.24) is 9.55 Å². The van der Waals surface area contributed by atoms with Gasteiger partial charge in [-0.25, -0.2) is 13.8 Å². The summed E-state index contributed by atoms with van der Waals surface area (Å²) in [5.41, 5.74) is -0.00652. The van der Waals surface area contributed by atoms with Crippen LogP contribution in [0, 0.1) is 11.6 Å². The first kappa shape index (κ1) is 21.1. The second-order valence-corrected chi connectivity index (χ2v) is 7.20. The normalized spacial score (nSPS) is 11.1. The molecule has 1 heterocycles. The van der Waals surface area contributed by atoms with Crippen molar-refractivity contribution in [3.63, 3.8) is 0 Å². The highest BCUT2D eigenvalue weighted by Crippen LogP contribution is 2.21. The van der Waals surface area contributed by atoms with E-state index >= 15 is 0 Å². The van der Waals surface area contributed by atoms with E-state index in [9.17, 15) is 18.4 Å². The number of para-hydroxylation sites is 1. The third kappa shape index (κ3) is 5.07. The summed E-state index contributed by atoms with van der Waals surface area (Å²) in [6.45, 7) is 3.34. The minimum Gasteiger partial charge on any atom is -0.382 e. The highest BCUT2D eigenvalue weighted by molar-refractivity contribution is 7.99. The first-order chi connectivity index (χ1) is 14.0. The van der Waals surface area contributed by atoms with Crippen molar-refractivity contribution in [3.05, 3.63) is 70.0 Å². The maximum atomic E-state index is 13.9. The van der Waals surface area contributed by atoms with Gasteiger partial charge < -0.3 is 4.74 Å². The molecule has 0 amide bonds. The fourth-order valence-corrected chi connectivity index (χ4v) is 3.75. The molecule has 3 aromatic rings. The second kappa shape index (κ2) is 9.76. The Morgan fingerprint density at radius 1 is 1.21 bits per heavy atom. The molecule has 2 aromatic carbocycles. The quantitative estimate of drug-likeness (QED) is 0.227. The van der Waals surface area contributed by atoms with Crippen LogP contribution in [0.1, 0.15) is 23.7 Å². The number of thioether (sulfide) groups is 1.